The van der Waals surface area contributed by atoms with Gasteiger partial charge in [-0.1, -0.05) is 48.5 Å². The zero-order valence-electron chi connectivity index (χ0n) is 27.9. The molecule has 0 unspecified atom stereocenters. The van der Waals surface area contributed by atoms with Gasteiger partial charge in [0.25, 0.3) is 11.8 Å². The summed E-state index contributed by atoms with van der Waals surface area (Å²) in [6.07, 6.45) is -0.608. The lowest BCUT2D eigenvalue weighted by Gasteiger charge is -2.22. The second-order valence-corrected chi connectivity index (χ2v) is 12.8. The number of amides is 2. The minimum absolute atomic E-state index is 0.242. The van der Waals surface area contributed by atoms with E-state index in [0.717, 1.165) is 33.3 Å². The molecule has 0 spiro atoms. The molecule has 0 saturated heterocycles. The maximum absolute atomic E-state index is 13.7. The van der Waals surface area contributed by atoms with Crippen LogP contribution in [0.15, 0.2) is 96.4 Å². The van der Waals surface area contributed by atoms with Crippen LogP contribution >= 0.6 is 11.3 Å². The molecule has 10 heteroatoms. The Morgan fingerprint density at radius 2 is 1.78 bits per heavy atom. The van der Waals surface area contributed by atoms with Gasteiger partial charge >= 0.3 is 0 Å². The first-order chi connectivity index (χ1) is 23.6. The van der Waals surface area contributed by atoms with Gasteiger partial charge < -0.3 is 25.4 Å². The molecule has 0 aliphatic heterocycles. The number of nitrogens with zero attached hydrogens (tertiary/aromatic N) is 3. The smallest absolute Gasteiger partial charge is 0.254 e. The average Bonchev–Trinajstić information content (AvgIpc) is 3.54. The van der Waals surface area contributed by atoms with Crippen LogP contribution in [0.25, 0.3) is 11.1 Å². The third kappa shape index (κ3) is 8.90. The summed E-state index contributed by atoms with van der Waals surface area (Å²) in [6.45, 7) is 4.54. The molecule has 49 heavy (non-hydrogen) atoms. The Bertz CT molecular complexity index is 1980. The monoisotopic (exact) mass is 673 g/mol. The van der Waals surface area contributed by atoms with Gasteiger partial charge in [0.1, 0.15) is 10.8 Å². The minimum Gasteiger partial charge on any atom is -0.497 e. The molecule has 1 heterocycles. The van der Waals surface area contributed by atoms with Crippen LogP contribution in [-0.4, -0.2) is 53.1 Å². The summed E-state index contributed by atoms with van der Waals surface area (Å²) in [5, 5.41) is 30.1. The first-order valence-electron chi connectivity index (χ1n) is 15.9. The highest BCUT2D eigenvalue weighted by Gasteiger charge is 2.22. The lowest BCUT2D eigenvalue weighted by molar-refractivity contribution is 0.0785. The first-order valence-corrected chi connectivity index (χ1v) is 16.8. The van der Waals surface area contributed by atoms with Crippen molar-refractivity contribution in [2.24, 2.45) is 0 Å². The van der Waals surface area contributed by atoms with E-state index in [-0.39, 0.29) is 11.5 Å². The summed E-state index contributed by atoms with van der Waals surface area (Å²) < 4.78 is 5.33. The molecule has 250 valence electrons. The molecule has 2 amide bonds. The molecule has 4 aromatic carbocycles. The predicted molar refractivity (Wildman–Crippen MR) is 193 cm³/mol. The van der Waals surface area contributed by atoms with Gasteiger partial charge in [0.15, 0.2) is 0 Å². The number of carbonyl (C=O) groups is 2. The molecule has 0 aliphatic rings. The molecule has 9 nitrogen and oxygen atoms in total. The Morgan fingerprint density at radius 1 is 1.02 bits per heavy atom. The molecule has 0 bridgehead atoms. The lowest BCUT2D eigenvalue weighted by Crippen LogP contribution is -2.42. The van der Waals surface area contributed by atoms with Crippen molar-refractivity contribution in [2.75, 3.05) is 19.5 Å². The second kappa shape index (κ2) is 16.1. The molecule has 0 saturated carbocycles. The molecule has 0 aliphatic carbocycles. The number of hydrogen-bond acceptors (Lipinski definition) is 8. The molecule has 5 aromatic rings. The van der Waals surface area contributed by atoms with E-state index >= 15 is 0 Å². The van der Waals surface area contributed by atoms with Crippen LogP contribution in [-0.2, 0) is 19.5 Å². The number of methoxy groups -OCH3 is 1. The second-order valence-electron chi connectivity index (χ2n) is 11.9. The molecular weight excluding hydrogens is 635 g/mol. The molecule has 1 aromatic heterocycles. The van der Waals surface area contributed by atoms with E-state index in [1.54, 1.807) is 62.4 Å². The van der Waals surface area contributed by atoms with Crippen molar-refractivity contribution >= 4 is 28.8 Å². The number of rotatable bonds is 13. The van der Waals surface area contributed by atoms with Gasteiger partial charge in [-0.05, 0) is 78.6 Å². The molecule has 0 fully saturated rings. The molecule has 2 atom stereocenters. The fourth-order valence-electron chi connectivity index (χ4n) is 5.48. The van der Waals surface area contributed by atoms with Crippen molar-refractivity contribution < 1.29 is 19.4 Å². The Labute approximate surface area is 290 Å². The topological polar surface area (TPSA) is 128 Å². The quantitative estimate of drug-likeness (QED) is 0.128. The molecule has 5 rings (SSSR count). The maximum Gasteiger partial charge on any atom is 0.254 e. The predicted octanol–water partition coefficient (Wildman–Crippen LogP) is 6.61. The third-order valence-electron chi connectivity index (χ3n) is 8.19. The first kappa shape index (κ1) is 34.8. The van der Waals surface area contributed by atoms with Crippen LogP contribution in [0.1, 0.15) is 55.0 Å². The Morgan fingerprint density at radius 3 is 2.53 bits per heavy atom. The van der Waals surface area contributed by atoms with Crippen LogP contribution < -0.4 is 15.4 Å². The number of nitriles is 1. The summed E-state index contributed by atoms with van der Waals surface area (Å²) >= 11 is 1.48. The Hall–Kier alpha value is -5.50. The van der Waals surface area contributed by atoms with E-state index in [1.807, 2.05) is 66.9 Å². The van der Waals surface area contributed by atoms with Crippen molar-refractivity contribution in [1.29, 1.82) is 5.26 Å². The van der Waals surface area contributed by atoms with Crippen LogP contribution in [0, 0.1) is 18.3 Å². The Kier molecular flexibility index (Phi) is 11.4. The van der Waals surface area contributed by atoms with Crippen molar-refractivity contribution in [3.8, 4) is 22.9 Å². The highest BCUT2D eigenvalue weighted by atomic mass is 32.1. The standard InChI is InChI=1S/C39H39N5O4S/c1-25-24-49-37(42-25)23-44(3)39(47)32-18-30(34-14-7-5-12-29(34)21-40)17-31(19-32)38(46)43-26(2)36(45)20-28-11-6-8-15-35(28)41-22-27-10-9-13-33(16-27)48-4/h5-19,24,26,36,41,45H,20,22-23H2,1-4H3,(H,43,46)/t26-,36+/m0/s1. The van der Waals surface area contributed by atoms with E-state index in [4.69, 9.17) is 4.74 Å². The number of aryl methyl sites for hydroxylation is 1. The number of benzene rings is 4. The fourth-order valence-corrected chi connectivity index (χ4v) is 6.30. The van der Waals surface area contributed by atoms with Crippen LogP contribution in [0.5, 0.6) is 5.75 Å². The number of thiazole rings is 1. The van der Waals surface area contributed by atoms with Crippen LogP contribution in [0.4, 0.5) is 5.69 Å². The van der Waals surface area contributed by atoms with Gasteiger partial charge in [-0.15, -0.1) is 11.3 Å². The zero-order chi connectivity index (χ0) is 34.9. The number of para-hydroxylation sites is 1. The van der Waals surface area contributed by atoms with Crippen LogP contribution in [0.2, 0.25) is 0 Å². The highest BCUT2D eigenvalue weighted by molar-refractivity contribution is 7.09. The Balaban J connectivity index is 1.34. The summed E-state index contributed by atoms with van der Waals surface area (Å²) in [6, 6.07) is 29.1. The molecular formula is C39H39N5O4S. The summed E-state index contributed by atoms with van der Waals surface area (Å²) in [5.74, 6) is 0.0468. The van der Waals surface area contributed by atoms with Gasteiger partial charge in [0.05, 0.1) is 37.4 Å². The van der Waals surface area contributed by atoms with E-state index < -0.39 is 18.1 Å². The normalized spacial score (nSPS) is 12.0. The number of carbonyl (C=O) groups excluding carboxylic acids is 2. The maximum atomic E-state index is 13.7. The number of ether oxygens (including phenoxy) is 1. The number of nitrogens with one attached hydrogen (secondary N) is 2. The van der Waals surface area contributed by atoms with Crippen molar-refractivity contribution in [3.05, 3.63) is 135 Å². The van der Waals surface area contributed by atoms with Gasteiger partial charge in [-0.2, -0.15) is 5.26 Å². The lowest BCUT2D eigenvalue weighted by atomic mass is 9.95. The number of aromatic nitrogens is 1. The summed E-state index contributed by atoms with van der Waals surface area (Å²) in [4.78, 5) is 33.4. The van der Waals surface area contributed by atoms with Gasteiger partial charge in [0.2, 0.25) is 0 Å². The van der Waals surface area contributed by atoms with Gasteiger partial charge in [-0.25, -0.2) is 4.98 Å². The van der Waals surface area contributed by atoms with Crippen LogP contribution in [0.3, 0.4) is 0 Å². The van der Waals surface area contributed by atoms with E-state index in [0.29, 0.717) is 41.8 Å². The minimum atomic E-state index is -0.903. The summed E-state index contributed by atoms with van der Waals surface area (Å²) in [7, 11) is 3.33. The van der Waals surface area contributed by atoms with Gasteiger partial charge in [-0.3, -0.25) is 9.59 Å². The SMILES string of the molecule is COc1cccc(CNc2ccccc2C[C@@H](O)[C@H](C)NC(=O)c2cc(C(=O)N(C)Cc3nc(C)cs3)cc(-c3ccccc3C#N)c2)c1. The van der Waals surface area contributed by atoms with Gasteiger partial charge in [0, 0.05) is 47.9 Å². The number of hydrogen-bond donors (Lipinski definition) is 3. The number of aliphatic hydroxyl groups is 1. The van der Waals surface area contributed by atoms with E-state index in [1.165, 1.54) is 11.3 Å². The van der Waals surface area contributed by atoms with Crippen molar-refractivity contribution in [1.82, 2.24) is 15.2 Å². The number of aliphatic hydroxyl groups excluding tert-OH is 1. The molecule has 3 N–H and O–H groups in total. The van der Waals surface area contributed by atoms with E-state index in [2.05, 4.69) is 21.7 Å². The van der Waals surface area contributed by atoms with E-state index in [9.17, 15) is 20.0 Å². The third-order valence-corrected chi connectivity index (χ3v) is 9.14. The number of anilines is 1. The average molecular weight is 674 g/mol. The van der Waals surface area contributed by atoms with Crippen molar-refractivity contribution in [2.45, 2.75) is 45.5 Å². The fraction of sp³-hybridized carbons (Fsp3) is 0.231. The summed E-state index contributed by atoms with van der Waals surface area (Å²) in [5.41, 5.74) is 5.87. The highest BCUT2D eigenvalue weighted by Crippen LogP contribution is 2.27. The largest absolute Gasteiger partial charge is 0.497 e. The molecule has 0 radical (unpaired) electrons. The van der Waals surface area contributed by atoms with Crippen molar-refractivity contribution in [3.63, 3.8) is 0 Å². The zero-order valence-corrected chi connectivity index (χ0v) is 28.8.